The quantitative estimate of drug-likeness (QED) is 0.732. The molecule has 1 aromatic carbocycles. The Bertz CT molecular complexity index is 984. The van der Waals surface area contributed by atoms with Gasteiger partial charge in [0.15, 0.2) is 5.58 Å². The Morgan fingerprint density at radius 3 is 2.69 bits per heavy atom. The van der Waals surface area contributed by atoms with E-state index >= 15 is 0 Å². The highest BCUT2D eigenvalue weighted by molar-refractivity contribution is 5.87. The van der Waals surface area contributed by atoms with Crippen molar-refractivity contribution in [1.82, 2.24) is 14.9 Å². The van der Waals surface area contributed by atoms with E-state index < -0.39 is 11.7 Å². The summed E-state index contributed by atoms with van der Waals surface area (Å²) in [5, 5.41) is 8.93. The number of hydrogen-bond acceptors (Lipinski definition) is 6. The number of rotatable bonds is 4. The minimum atomic E-state index is -0.969. The molecular formula is C18H18N4O4. The van der Waals surface area contributed by atoms with Gasteiger partial charge in [-0.15, -0.1) is 0 Å². The molecule has 8 nitrogen and oxygen atoms in total. The fraction of sp³-hybridized carbons (Fsp3) is 0.278. The number of anilines is 1. The zero-order chi connectivity index (χ0) is 18.1. The minimum Gasteiger partial charge on any atom is -0.478 e. The maximum Gasteiger partial charge on any atom is 0.417 e. The summed E-state index contributed by atoms with van der Waals surface area (Å²) in [7, 11) is 0. The van der Waals surface area contributed by atoms with Gasteiger partial charge in [0.2, 0.25) is 0 Å². The molecule has 2 aromatic heterocycles. The first-order valence-electron chi connectivity index (χ1n) is 8.37. The number of nitrogens with one attached hydrogen (secondary N) is 1. The van der Waals surface area contributed by atoms with Crippen LogP contribution in [0, 0.1) is 0 Å². The van der Waals surface area contributed by atoms with Crippen LogP contribution in [0.1, 0.15) is 16.1 Å². The van der Waals surface area contributed by atoms with Gasteiger partial charge in [0, 0.05) is 38.9 Å². The summed E-state index contributed by atoms with van der Waals surface area (Å²) < 4.78 is 5.28. The highest BCUT2D eigenvalue weighted by atomic mass is 16.4. The molecular weight excluding hydrogens is 336 g/mol. The molecule has 1 aliphatic heterocycles. The molecule has 0 aliphatic carbocycles. The summed E-state index contributed by atoms with van der Waals surface area (Å²) in [5.41, 5.74) is 3.26. The zero-order valence-electron chi connectivity index (χ0n) is 14.0. The van der Waals surface area contributed by atoms with Crippen LogP contribution in [0.5, 0.6) is 0 Å². The van der Waals surface area contributed by atoms with Crippen molar-refractivity contribution in [2.24, 2.45) is 0 Å². The number of benzene rings is 1. The van der Waals surface area contributed by atoms with Crippen molar-refractivity contribution in [2.45, 2.75) is 6.54 Å². The van der Waals surface area contributed by atoms with Crippen molar-refractivity contribution >= 4 is 22.8 Å². The van der Waals surface area contributed by atoms with Gasteiger partial charge in [-0.2, -0.15) is 0 Å². The van der Waals surface area contributed by atoms with Crippen LogP contribution in [0.2, 0.25) is 0 Å². The maximum atomic E-state index is 11.5. The zero-order valence-corrected chi connectivity index (χ0v) is 14.0. The molecule has 26 heavy (non-hydrogen) atoms. The van der Waals surface area contributed by atoms with E-state index in [4.69, 9.17) is 9.52 Å². The number of aromatic amines is 1. The lowest BCUT2D eigenvalue weighted by Crippen LogP contribution is -2.46. The molecule has 0 bridgehead atoms. The summed E-state index contributed by atoms with van der Waals surface area (Å²) in [5.74, 6) is -1.41. The number of nitrogens with zero attached hydrogens (tertiary/aromatic N) is 3. The standard InChI is InChI=1S/C18H18N4O4/c23-17(24)12-4-5-13(19-10-12)11-21-6-8-22(9-7-21)15-3-1-2-14-16(15)26-18(25)20-14/h1-5,10H,6-9,11H2,(H,20,25)(H,23,24). The van der Waals surface area contributed by atoms with E-state index in [1.54, 1.807) is 12.1 Å². The number of para-hydroxylation sites is 1. The van der Waals surface area contributed by atoms with Gasteiger partial charge in [0.05, 0.1) is 22.5 Å². The van der Waals surface area contributed by atoms with E-state index in [0.29, 0.717) is 17.6 Å². The fourth-order valence-electron chi connectivity index (χ4n) is 3.23. The SMILES string of the molecule is O=C(O)c1ccc(CN2CCN(c3cccc4[nH]c(=O)oc34)CC2)nc1. The molecule has 3 aromatic rings. The van der Waals surface area contributed by atoms with E-state index in [1.165, 1.54) is 6.20 Å². The van der Waals surface area contributed by atoms with Gasteiger partial charge in [-0.1, -0.05) is 6.07 Å². The fourth-order valence-corrected chi connectivity index (χ4v) is 3.23. The molecule has 4 rings (SSSR count). The van der Waals surface area contributed by atoms with Gasteiger partial charge >= 0.3 is 11.7 Å². The number of oxazole rings is 1. The largest absolute Gasteiger partial charge is 0.478 e. The second-order valence-corrected chi connectivity index (χ2v) is 6.27. The summed E-state index contributed by atoms with van der Waals surface area (Å²) in [6.45, 7) is 3.97. The predicted octanol–water partition coefficient (Wildman–Crippen LogP) is 1.54. The van der Waals surface area contributed by atoms with Crippen LogP contribution in [0.3, 0.4) is 0 Å². The number of hydrogen-bond donors (Lipinski definition) is 2. The number of aromatic carboxylic acids is 1. The van der Waals surface area contributed by atoms with Gasteiger partial charge in [0.25, 0.3) is 0 Å². The lowest BCUT2D eigenvalue weighted by atomic mass is 10.2. The molecule has 134 valence electrons. The maximum absolute atomic E-state index is 11.5. The van der Waals surface area contributed by atoms with E-state index in [9.17, 15) is 9.59 Å². The monoisotopic (exact) mass is 354 g/mol. The first-order chi connectivity index (χ1) is 12.6. The summed E-state index contributed by atoms with van der Waals surface area (Å²) in [6.07, 6.45) is 1.39. The van der Waals surface area contributed by atoms with Crippen molar-refractivity contribution in [3.05, 3.63) is 58.3 Å². The van der Waals surface area contributed by atoms with Gasteiger partial charge in [-0.25, -0.2) is 9.59 Å². The number of carboxylic acids is 1. The van der Waals surface area contributed by atoms with Crippen LogP contribution in [0.25, 0.3) is 11.1 Å². The highest BCUT2D eigenvalue weighted by Gasteiger charge is 2.20. The minimum absolute atomic E-state index is 0.194. The van der Waals surface area contributed by atoms with Crippen LogP contribution >= 0.6 is 0 Å². The van der Waals surface area contributed by atoms with Gasteiger partial charge in [-0.3, -0.25) is 14.9 Å². The Morgan fingerprint density at radius 1 is 1.19 bits per heavy atom. The first-order valence-corrected chi connectivity index (χ1v) is 8.37. The third kappa shape index (κ3) is 3.18. The lowest BCUT2D eigenvalue weighted by molar-refractivity contribution is 0.0696. The van der Waals surface area contributed by atoms with Gasteiger partial charge in [0.1, 0.15) is 0 Å². The van der Waals surface area contributed by atoms with Crippen molar-refractivity contribution < 1.29 is 14.3 Å². The highest BCUT2D eigenvalue weighted by Crippen LogP contribution is 2.26. The van der Waals surface area contributed by atoms with Crippen LogP contribution < -0.4 is 10.7 Å². The van der Waals surface area contributed by atoms with E-state index in [1.807, 2.05) is 18.2 Å². The third-order valence-electron chi connectivity index (χ3n) is 4.60. The average Bonchev–Trinajstić information content (AvgIpc) is 3.03. The lowest BCUT2D eigenvalue weighted by Gasteiger charge is -2.35. The average molecular weight is 354 g/mol. The molecule has 0 atom stereocenters. The number of piperazine rings is 1. The number of fused-ring (bicyclic) bond motifs is 1. The molecule has 1 aliphatic rings. The topological polar surface area (TPSA) is 103 Å². The normalized spacial score (nSPS) is 15.5. The molecule has 1 fully saturated rings. The van der Waals surface area contributed by atoms with E-state index in [2.05, 4.69) is 19.8 Å². The number of aromatic nitrogens is 2. The smallest absolute Gasteiger partial charge is 0.417 e. The number of pyridine rings is 1. The Labute approximate surface area is 148 Å². The number of carboxylic acid groups (broad SMARTS) is 1. The van der Waals surface area contributed by atoms with E-state index in [0.717, 1.165) is 37.6 Å². The molecule has 1 saturated heterocycles. The molecule has 0 saturated carbocycles. The summed E-state index contributed by atoms with van der Waals surface area (Å²) in [4.78, 5) is 33.7. The van der Waals surface area contributed by atoms with Crippen LogP contribution in [0.4, 0.5) is 5.69 Å². The van der Waals surface area contributed by atoms with Gasteiger partial charge < -0.3 is 14.4 Å². The van der Waals surface area contributed by atoms with Crippen LogP contribution in [-0.4, -0.2) is 52.1 Å². The molecule has 2 N–H and O–H groups in total. The second-order valence-electron chi connectivity index (χ2n) is 6.27. The Balaban J connectivity index is 1.42. The molecule has 0 spiro atoms. The third-order valence-corrected chi connectivity index (χ3v) is 4.60. The Kier molecular flexibility index (Phi) is 4.18. The van der Waals surface area contributed by atoms with Crippen molar-refractivity contribution in [3.63, 3.8) is 0 Å². The molecule has 0 unspecified atom stereocenters. The number of carbonyl (C=O) groups is 1. The Hall–Kier alpha value is -3.13. The Morgan fingerprint density at radius 2 is 2.00 bits per heavy atom. The second kappa shape index (κ2) is 6.64. The van der Waals surface area contributed by atoms with Crippen LogP contribution in [-0.2, 0) is 6.54 Å². The van der Waals surface area contributed by atoms with Crippen LogP contribution in [0.15, 0.2) is 45.7 Å². The molecule has 0 radical (unpaired) electrons. The molecule has 3 heterocycles. The summed E-state index contributed by atoms with van der Waals surface area (Å²) >= 11 is 0. The molecule has 0 amide bonds. The van der Waals surface area contributed by atoms with Crippen molar-refractivity contribution in [1.29, 1.82) is 0 Å². The number of H-pyrrole nitrogens is 1. The predicted molar refractivity (Wildman–Crippen MR) is 95.5 cm³/mol. The van der Waals surface area contributed by atoms with Crippen molar-refractivity contribution in [3.8, 4) is 0 Å². The van der Waals surface area contributed by atoms with E-state index in [-0.39, 0.29) is 5.56 Å². The van der Waals surface area contributed by atoms with Gasteiger partial charge in [-0.05, 0) is 24.3 Å². The van der Waals surface area contributed by atoms with Crippen molar-refractivity contribution in [2.75, 3.05) is 31.1 Å². The molecule has 8 heteroatoms. The summed E-state index contributed by atoms with van der Waals surface area (Å²) in [6, 6.07) is 9.03. The first kappa shape index (κ1) is 16.3.